The highest BCUT2D eigenvalue weighted by atomic mass is 16.5. The van der Waals surface area contributed by atoms with Crippen LogP contribution < -0.4 is 5.32 Å². The lowest BCUT2D eigenvalue weighted by atomic mass is 9.87. The third-order valence-electron chi connectivity index (χ3n) is 4.42. The van der Waals surface area contributed by atoms with E-state index in [2.05, 4.69) is 48.4 Å². The zero-order chi connectivity index (χ0) is 14.7. The van der Waals surface area contributed by atoms with E-state index >= 15 is 0 Å². The Morgan fingerprint density at radius 2 is 2.29 bits per heavy atom. The Bertz CT molecular complexity index is 605. The Labute approximate surface area is 126 Å². The molecule has 1 fully saturated rings. The van der Waals surface area contributed by atoms with E-state index in [1.807, 2.05) is 12.3 Å². The molecule has 2 heterocycles. The maximum Gasteiger partial charge on any atom is 0.0849 e. The van der Waals surface area contributed by atoms with Gasteiger partial charge in [0.2, 0.25) is 0 Å². The van der Waals surface area contributed by atoms with Crippen molar-refractivity contribution in [3.63, 3.8) is 0 Å². The van der Waals surface area contributed by atoms with Crippen LogP contribution in [-0.4, -0.2) is 23.7 Å². The highest BCUT2D eigenvalue weighted by Gasteiger charge is 2.38. The molecular formula is C18H24N2O. The standard InChI is InChI=1S/C18H24N2O/c1-3-10-20-17(18(2)9-5-12-21-18)15-7-8-16-14(13-15)6-4-11-19-16/h4,6-8,11,13,17,20H,3,5,9-10,12H2,1-2H3. The fourth-order valence-electron chi connectivity index (χ4n) is 3.28. The minimum absolute atomic E-state index is 0.106. The molecule has 1 aliphatic rings. The smallest absolute Gasteiger partial charge is 0.0849 e. The van der Waals surface area contributed by atoms with Crippen molar-refractivity contribution in [2.24, 2.45) is 0 Å². The monoisotopic (exact) mass is 284 g/mol. The molecule has 1 N–H and O–H groups in total. The van der Waals surface area contributed by atoms with Gasteiger partial charge >= 0.3 is 0 Å². The first-order valence-electron chi connectivity index (χ1n) is 7.95. The topological polar surface area (TPSA) is 34.2 Å². The number of nitrogens with zero attached hydrogens (tertiary/aromatic N) is 1. The Morgan fingerprint density at radius 3 is 3.05 bits per heavy atom. The number of nitrogens with one attached hydrogen (secondary N) is 1. The molecule has 1 saturated heterocycles. The molecule has 3 rings (SSSR count). The van der Waals surface area contributed by atoms with Gasteiger partial charge in [-0.2, -0.15) is 0 Å². The lowest BCUT2D eigenvalue weighted by Gasteiger charge is -2.34. The number of rotatable bonds is 5. The summed E-state index contributed by atoms with van der Waals surface area (Å²) in [6, 6.07) is 10.9. The number of aromatic nitrogens is 1. The quantitative estimate of drug-likeness (QED) is 0.905. The van der Waals surface area contributed by atoms with Gasteiger partial charge in [-0.25, -0.2) is 0 Å². The highest BCUT2D eigenvalue weighted by molar-refractivity contribution is 5.79. The van der Waals surface area contributed by atoms with Crippen molar-refractivity contribution in [2.75, 3.05) is 13.2 Å². The van der Waals surface area contributed by atoms with Crippen molar-refractivity contribution in [3.8, 4) is 0 Å². The molecule has 0 radical (unpaired) electrons. The molecule has 1 aromatic heterocycles. The highest BCUT2D eigenvalue weighted by Crippen LogP contribution is 2.38. The second kappa shape index (κ2) is 6.12. The number of hydrogen-bond donors (Lipinski definition) is 1. The minimum atomic E-state index is -0.106. The van der Waals surface area contributed by atoms with Gasteiger partial charge in [-0.1, -0.05) is 19.1 Å². The van der Waals surface area contributed by atoms with Crippen LogP contribution in [0.15, 0.2) is 36.5 Å². The summed E-state index contributed by atoms with van der Waals surface area (Å²) < 4.78 is 6.09. The van der Waals surface area contributed by atoms with Crippen molar-refractivity contribution in [3.05, 3.63) is 42.1 Å². The molecule has 2 unspecified atom stereocenters. The van der Waals surface area contributed by atoms with Gasteiger partial charge in [0.1, 0.15) is 0 Å². The lowest BCUT2D eigenvalue weighted by molar-refractivity contribution is -0.0124. The van der Waals surface area contributed by atoms with Crippen LogP contribution in [0.4, 0.5) is 0 Å². The Kier molecular flexibility index (Phi) is 4.22. The summed E-state index contributed by atoms with van der Waals surface area (Å²) in [5.74, 6) is 0. The summed E-state index contributed by atoms with van der Waals surface area (Å²) in [5, 5.41) is 4.88. The van der Waals surface area contributed by atoms with Gasteiger partial charge in [0.25, 0.3) is 0 Å². The molecular weight excluding hydrogens is 260 g/mol. The first-order valence-corrected chi connectivity index (χ1v) is 7.95. The molecule has 3 nitrogen and oxygen atoms in total. The number of benzene rings is 1. The van der Waals surface area contributed by atoms with Crippen molar-refractivity contribution in [2.45, 2.75) is 44.8 Å². The van der Waals surface area contributed by atoms with Crippen LogP contribution in [0.1, 0.15) is 44.7 Å². The van der Waals surface area contributed by atoms with Crippen molar-refractivity contribution < 1.29 is 4.74 Å². The molecule has 2 aromatic rings. The van der Waals surface area contributed by atoms with Crippen LogP contribution in [-0.2, 0) is 4.74 Å². The Hall–Kier alpha value is -1.45. The van der Waals surface area contributed by atoms with E-state index < -0.39 is 0 Å². The lowest BCUT2D eigenvalue weighted by Crippen LogP contribution is -2.41. The summed E-state index contributed by atoms with van der Waals surface area (Å²) >= 11 is 0. The number of ether oxygens (including phenoxy) is 1. The van der Waals surface area contributed by atoms with Crippen LogP contribution in [0.5, 0.6) is 0 Å². The molecule has 0 amide bonds. The molecule has 0 aliphatic carbocycles. The molecule has 1 aromatic carbocycles. The third-order valence-corrected chi connectivity index (χ3v) is 4.42. The molecule has 21 heavy (non-hydrogen) atoms. The average Bonchev–Trinajstić information content (AvgIpc) is 2.95. The minimum Gasteiger partial charge on any atom is -0.373 e. The van der Waals surface area contributed by atoms with E-state index in [-0.39, 0.29) is 11.6 Å². The molecule has 3 heteroatoms. The fraction of sp³-hybridized carbons (Fsp3) is 0.500. The van der Waals surface area contributed by atoms with Crippen LogP contribution >= 0.6 is 0 Å². The van der Waals surface area contributed by atoms with Gasteiger partial charge < -0.3 is 10.1 Å². The summed E-state index contributed by atoms with van der Waals surface area (Å²) in [5.41, 5.74) is 2.24. The van der Waals surface area contributed by atoms with E-state index in [1.165, 1.54) is 10.9 Å². The molecule has 112 valence electrons. The molecule has 0 saturated carbocycles. The molecule has 2 atom stereocenters. The van der Waals surface area contributed by atoms with Crippen molar-refractivity contribution in [1.82, 2.24) is 10.3 Å². The maximum absolute atomic E-state index is 6.09. The number of hydrogen-bond acceptors (Lipinski definition) is 3. The first-order chi connectivity index (χ1) is 10.2. The third kappa shape index (κ3) is 2.94. The van der Waals surface area contributed by atoms with E-state index in [0.717, 1.165) is 37.9 Å². The molecule has 0 spiro atoms. The zero-order valence-electron chi connectivity index (χ0n) is 12.9. The number of fused-ring (bicyclic) bond motifs is 1. The van der Waals surface area contributed by atoms with Gasteiger partial charge in [0.15, 0.2) is 0 Å². The largest absolute Gasteiger partial charge is 0.373 e. The maximum atomic E-state index is 6.09. The second-order valence-electron chi connectivity index (χ2n) is 6.11. The fourth-order valence-corrected chi connectivity index (χ4v) is 3.28. The van der Waals surface area contributed by atoms with Crippen LogP contribution in [0.25, 0.3) is 10.9 Å². The van der Waals surface area contributed by atoms with Crippen molar-refractivity contribution in [1.29, 1.82) is 0 Å². The first kappa shape index (κ1) is 14.5. The van der Waals surface area contributed by atoms with E-state index in [0.29, 0.717) is 0 Å². The molecule has 1 aliphatic heterocycles. The van der Waals surface area contributed by atoms with E-state index in [9.17, 15) is 0 Å². The van der Waals surface area contributed by atoms with Gasteiger partial charge in [0, 0.05) is 18.2 Å². The predicted octanol–water partition coefficient (Wildman–Crippen LogP) is 3.84. The van der Waals surface area contributed by atoms with Crippen LogP contribution in [0.2, 0.25) is 0 Å². The summed E-state index contributed by atoms with van der Waals surface area (Å²) in [7, 11) is 0. The van der Waals surface area contributed by atoms with Gasteiger partial charge in [-0.05, 0) is 56.5 Å². The van der Waals surface area contributed by atoms with Crippen LogP contribution in [0, 0.1) is 0 Å². The van der Waals surface area contributed by atoms with Crippen molar-refractivity contribution >= 4 is 10.9 Å². The summed E-state index contributed by atoms with van der Waals surface area (Å²) in [6.45, 7) is 6.32. The average molecular weight is 284 g/mol. The predicted molar refractivity (Wildman–Crippen MR) is 86.4 cm³/mol. The molecule has 0 bridgehead atoms. The van der Waals surface area contributed by atoms with Gasteiger partial charge in [-0.15, -0.1) is 0 Å². The van der Waals surface area contributed by atoms with E-state index in [4.69, 9.17) is 4.74 Å². The van der Waals surface area contributed by atoms with E-state index in [1.54, 1.807) is 0 Å². The SMILES string of the molecule is CCCNC(c1ccc2ncccc2c1)C1(C)CCCO1. The second-order valence-corrected chi connectivity index (χ2v) is 6.11. The van der Waals surface area contributed by atoms with Gasteiger partial charge in [0.05, 0.1) is 17.2 Å². The van der Waals surface area contributed by atoms with Gasteiger partial charge in [-0.3, -0.25) is 4.98 Å². The normalized spacial score (nSPS) is 23.5. The summed E-state index contributed by atoms with van der Waals surface area (Å²) in [6.07, 6.45) is 5.23. The summed E-state index contributed by atoms with van der Waals surface area (Å²) in [4.78, 5) is 4.41. The van der Waals surface area contributed by atoms with Crippen LogP contribution in [0.3, 0.4) is 0 Å². The number of pyridine rings is 1. The Morgan fingerprint density at radius 1 is 1.38 bits per heavy atom. The Balaban J connectivity index is 1.96. The zero-order valence-corrected chi connectivity index (χ0v) is 12.9.